The molecule has 0 radical (unpaired) electrons. The number of benzene rings is 1. The van der Waals surface area contributed by atoms with Gasteiger partial charge in [0.15, 0.2) is 0 Å². The first kappa shape index (κ1) is 17.3. The molecule has 3 N–H and O–H groups in total. The van der Waals surface area contributed by atoms with Crippen molar-refractivity contribution in [1.29, 1.82) is 0 Å². The molecule has 1 amide bonds. The number of ketones is 1. The Labute approximate surface area is 127 Å². The maximum Gasteiger partial charge on any atom is 0.337 e. The molecule has 8 heteroatoms. The largest absolute Gasteiger partial charge is 0.465 e. The van der Waals surface area contributed by atoms with Crippen molar-refractivity contribution in [2.45, 2.75) is 0 Å². The summed E-state index contributed by atoms with van der Waals surface area (Å²) >= 11 is 0. The molecule has 1 rings (SSSR count). The molecule has 0 aliphatic heterocycles. The molecular formula is C14H17N3O5. The first-order chi connectivity index (χ1) is 10.5. The number of hydrogen-bond acceptors (Lipinski definition) is 7. The third kappa shape index (κ3) is 4.38. The minimum atomic E-state index is -0.871. The maximum absolute atomic E-state index is 12.0. The molecule has 22 heavy (non-hydrogen) atoms. The number of amides is 1. The molecule has 0 atom stereocenters. The van der Waals surface area contributed by atoms with Gasteiger partial charge >= 0.3 is 5.97 Å². The van der Waals surface area contributed by atoms with Gasteiger partial charge in [-0.3, -0.25) is 9.59 Å². The highest BCUT2D eigenvalue weighted by Gasteiger charge is 2.22. The Hall–Kier alpha value is -2.74. The van der Waals surface area contributed by atoms with E-state index in [1.165, 1.54) is 38.5 Å². The van der Waals surface area contributed by atoms with E-state index in [1.54, 1.807) is 0 Å². The van der Waals surface area contributed by atoms with Crippen LogP contribution < -0.4 is 11.2 Å². The molecule has 0 spiro atoms. The van der Waals surface area contributed by atoms with Crippen LogP contribution in [0.5, 0.6) is 0 Å². The molecule has 0 saturated heterocycles. The highest BCUT2D eigenvalue weighted by atomic mass is 16.5. The number of methoxy groups -OCH3 is 2. The molecule has 0 aromatic heterocycles. The van der Waals surface area contributed by atoms with Crippen molar-refractivity contribution in [3.63, 3.8) is 0 Å². The fourth-order valence-electron chi connectivity index (χ4n) is 1.60. The van der Waals surface area contributed by atoms with Gasteiger partial charge in [0, 0.05) is 19.2 Å². The van der Waals surface area contributed by atoms with Crippen molar-refractivity contribution < 1.29 is 23.9 Å². The molecule has 1 aromatic carbocycles. The summed E-state index contributed by atoms with van der Waals surface area (Å²) in [5, 5.41) is 5.74. The van der Waals surface area contributed by atoms with E-state index in [0.717, 1.165) is 0 Å². The van der Waals surface area contributed by atoms with Crippen LogP contribution in [-0.2, 0) is 19.1 Å². The molecule has 0 heterocycles. The van der Waals surface area contributed by atoms with Crippen LogP contribution in [0, 0.1) is 0 Å². The number of Topliss-reactive ketones (excluding diaryl/α,β-unsaturated/α-hetero) is 1. The smallest absolute Gasteiger partial charge is 0.337 e. The third-order valence-electron chi connectivity index (χ3n) is 2.72. The Morgan fingerprint density at radius 1 is 1.14 bits per heavy atom. The lowest BCUT2D eigenvalue weighted by Gasteiger charge is -2.06. The van der Waals surface area contributed by atoms with Crippen molar-refractivity contribution in [3.8, 4) is 0 Å². The first-order valence-electron chi connectivity index (χ1n) is 6.33. The number of hydrogen-bond donors (Lipinski definition) is 2. The van der Waals surface area contributed by atoms with Gasteiger partial charge in [0.05, 0.1) is 19.3 Å². The minimum absolute atomic E-state index is 0.195. The van der Waals surface area contributed by atoms with Gasteiger partial charge in [0.25, 0.3) is 11.7 Å². The van der Waals surface area contributed by atoms with Crippen LogP contribution in [0.2, 0.25) is 0 Å². The molecule has 0 saturated carbocycles. The summed E-state index contributed by atoms with van der Waals surface area (Å²) in [7, 11) is 2.74. The Morgan fingerprint density at radius 3 is 2.23 bits per heavy atom. The molecule has 118 valence electrons. The number of carbonyl (C=O) groups excluding carboxylic acids is 3. The van der Waals surface area contributed by atoms with Gasteiger partial charge in [0.1, 0.15) is 5.71 Å². The van der Waals surface area contributed by atoms with Crippen molar-refractivity contribution in [2.75, 3.05) is 27.4 Å². The van der Waals surface area contributed by atoms with Crippen LogP contribution in [0.3, 0.4) is 0 Å². The zero-order valence-electron chi connectivity index (χ0n) is 12.3. The molecule has 0 unspecified atom stereocenters. The molecule has 1 aromatic rings. The monoisotopic (exact) mass is 307 g/mol. The van der Waals surface area contributed by atoms with Gasteiger partial charge in [-0.2, -0.15) is 5.10 Å². The van der Waals surface area contributed by atoms with Crippen molar-refractivity contribution in [1.82, 2.24) is 5.32 Å². The highest BCUT2D eigenvalue weighted by molar-refractivity contribution is 6.68. The predicted molar refractivity (Wildman–Crippen MR) is 78.4 cm³/mol. The highest BCUT2D eigenvalue weighted by Crippen LogP contribution is 2.07. The number of ether oxygens (including phenoxy) is 2. The number of nitrogens with two attached hydrogens (primary N) is 1. The second-order valence-electron chi connectivity index (χ2n) is 4.12. The van der Waals surface area contributed by atoms with E-state index < -0.39 is 17.7 Å². The normalized spacial score (nSPS) is 10.9. The Morgan fingerprint density at radius 2 is 1.73 bits per heavy atom. The molecule has 0 aliphatic carbocycles. The number of rotatable bonds is 7. The maximum atomic E-state index is 12.0. The Kier molecular flexibility index (Phi) is 6.71. The van der Waals surface area contributed by atoms with Crippen molar-refractivity contribution in [3.05, 3.63) is 35.4 Å². The molecule has 0 aliphatic rings. The van der Waals surface area contributed by atoms with Crippen LogP contribution in [0.25, 0.3) is 0 Å². The topological polar surface area (TPSA) is 120 Å². The number of esters is 1. The number of nitrogens with zero attached hydrogens (tertiary/aromatic N) is 1. The van der Waals surface area contributed by atoms with Crippen LogP contribution in [0.4, 0.5) is 0 Å². The van der Waals surface area contributed by atoms with E-state index in [9.17, 15) is 14.4 Å². The zero-order chi connectivity index (χ0) is 16.5. The fourth-order valence-corrected chi connectivity index (χ4v) is 1.60. The predicted octanol–water partition coefficient (Wildman–Crippen LogP) is -0.532. The quantitative estimate of drug-likeness (QED) is 0.174. The van der Waals surface area contributed by atoms with Crippen molar-refractivity contribution in [2.24, 2.45) is 10.9 Å². The molecule has 0 bridgehead atoms. The first-order valence-corrected chi connectivity index (χ1v) is 6.33. The lowest BCUT2D eigenvalue weighted by molar-refractivity contribution is -0.134. The van der Waals surface area contributed by atoms with Gasteiger partial charge in [-0.1, -0.05) is 12.1 Å². The van der Waals surface area contributed by atoms with Gasteiger partial charge in [-0.05, 0) is 12.1 Å². The van der Waals surface area contributed by atoms with Crippen LogP contribution >= 0.6 is 0 Å². The fraction of sp³-hybridized carbons (Fsp3) is 0.286. The number of carbonyl (C=O) groups is 3. The number of hydrazone groups is 1. The average Bonchev–Trinajstić information content (AvgIpc) is 2.55. The lowest BCUT2D eigenvalue weighted by Crippen LogP contribution is -2.38. The SMILES string of the molecule is COCCNC(=O)C(=O)C(=NN)c1ccc(C(=O)OC)cc1. The summed E-state index contributed by atoms with van der Waals surface area (Å²) in [4.78, 5) is 35.0. The van der Waals surface area contributed by atoms with Crippen LogP contribution in [0.15, 0.2) is 29.4 Å². The molecule has 8 nitrogen and oxygen atoms in total. The molecular weight excluding hydrogens is 290 g/mol. The zero-order valence-corrected chi connectivity index (χ0v) is 12.3. The second-order valence-corrected chi connectivity index (χ2v) is 4.12. The third-order valence-corrected chi connectivity index (χ3v) is 2.72. The summed E-state index contributed by atoms with van der Waals surface area (Å²) < 4.78 is 9.33. The van der Waals surface area contributed by atoms with E-state index in [0.29, 0.717) is 11.1 Å². The van der Waals surface area contributed by atoms with Crippen LogP contribution in [0.1, 0.15) is 15.9 Å². The standard InChI is InChI=1S/C14H17N3O5/c1-21-8-7-16-13(19)12(18)11(17-15)9-3-5-10(6-4-9)14(20)22-2/h3-6H,7-8,15H2,1-2H3,(H,16,19). The summed E-state index contributed by atoms with van der Waals surface area (Å²) in [5.74, 6) is 2.97. The van der Waals surface area contributed by atoms with E-state index in [2.05, 4.69) is 15.2 Å². The second kappa shape index (κ2) is 8.53. The summed E-state index contributed by atoms with van der Waals surface area (Å²) in [5.41, 5.74) is 0.424. The van der Waals surface area contributed by atoms with Crippen molar-refractivity contribution >= 4 is 23.4 Å². The van der Waals surface area contributed by atoms with Gasteiger partial charge < -0.3 is 20.6 Å². The van der Waals surface area contributed by atoms with Gasteiger partial charge in [-0.15, -0.1) is 0 Å². The van der Waals surface area contributed by atoms with E-state index >= 15 is 0 Å². The lowest BCUT2D eigenvalue weighted by atomic mass is 10.0. The Bertz CT molecular complexity index is 581. The molecule has 0 fully saturated rings. The van der Waals surface area contributed by atoms with Gasteiger partial charge in [0.2, 0.25) is 0 Å². The van der Waals surface area contributed by atoms with E-state index in [-0.39, 0.29) is 18.9 Å². The van der Waals surface area contributed by atoms with Crippen LogP contribution in [-0.4, -0.2) is 50.7 Å². The number of nitrogens with one attached hydrogen (secondary N) is 1. The summed E-state index contributed by atoms with van der Waals surface area (Å²) in [6.45, 7) is 0.474. The van der Waals surface area contributed by atoms with Gasteiger partial charge in [-0.25, -0.2) is 4.79 Å². The van der Waals surface area contributed by atoms with E-state index in [4.69, 9.17) is 10.6 Å². The summed E-state index contributed by atoms with van der Waals surface area (Å²) in [6.07, 6.45) is 0. The average molecular weight is 307 g/mol. The summed E-state index contributed by atoms with van der Waals surface area (Å²) in [6, 6.07) is 5.81. The Balaban J connectivity index is 2.85. The van der Waals surface area contributed by atoms with E-state index in [1.807, 2.05) is 0 Å². The minimum Gasteiger partial charge on any atom is -0.465 e.